The second kappa shape index (κ2) is 15.9. The van der Waals surface area contributed by atoms with Gasteiger partial charge in [0.2, 0.25) is 0 Å². The van der Waals surface area contributed by atoms with E-state index in [1.807, 2.05) is 0 Å². The molecule has 0 fully saturated rings. The molecule has 2 heteroatoms. The molecule has 0 amide bonds. The van der Waals surface area contributed by atoms with Crippen molar-refractivity contribution in [3.05, 3.63) is 6.92 Å². The molecular formula is C5H7BrZn. The first-order valence-corrected chi connectivity index (χ1v) is 8.86. The van der Waals surface area contributed by atoms with Crippen LogP contribution in [0.3, 0.4) is 0 Å². The number of halogens is 1. The summed E-state index contributed by atoms with van der Waals surface area (Å²) in [5.74, 6) is 2.45. The quantitative estimate of drug-likeness (QED) is 0.355. The molecule has 0 aliphatic rings. The van der Waals surface area contributed by atoms with Crippen molar-refractivity contribution in [3.63, 3.8) is 0 Å². The molecule has 0 atom stereocenters. The van der Waals surface area contributed by atoms with E-state index in [0.29, 0.717) is 0 Å². The zero-order chi connectivity index (χ0) is 6.12. The predicted molar refractivity (Wildman–Crippen MR) is 32.4 cm³/mol. The molecule has 0 aliphatic heterocycles. The van der Waals surface area contributed by atoms with Crippen molar-refractivity contribution >= 4 is 13.6 Å². The van der Waals surface area contributed by atoms with E-state index < -0.39 is 0 Å². The Morgan fingerprint density at radius 2 is 2.14 bits per heavy atom. The Kier molecular flexibility index (Phi) is 24.1. The Bertz CT molecular complexity index is 46.5. The van der Waals surface area contributed by atoms with Gasteiger partial charge in [-0.1, -0.05) is 0 Å². The summed E-state index contributed by atoms with van der Waals surface area (Å²) in [6, 6.07) is 0. The molecule has 7 heavy (non-hydrogen) atoms. The van der Waals surface area contributed by atoms with Gasteiger partial charge in [0.15, 0.2) is 0 Å². The van der Waals surface area contributed by atoms with E-state index in [-0.39, 0.29) is 0 Å². The van der Waals surface area contributed by atoms with Crippen LogP contribution in [0.25, 0.3) is 0 Å². The molecule has 0 rings (SSSR count). The average molecular weight is 212 g/mol. The molecule has 0 aromatic rings. The maximum atomic E-state index is 4.85. The van der Waals surface area contributed by atoms with Crippen LogP contribution in [0.15, 0.2) is 0 Å². The second-order valence-corrected chi connectivity index (χ2v) is 0.808. The summed E-state index contributed by atoms with van der Waals surface area (Å²) in [7, 11) is 0. The SMILES string of the molecule is C#CCC[CH2-].[Zn+][Br]. The van der Waals surface area contributed by atoms with Crippen molar-refractivity contribution in [1.29, 1.82) is 0 Å². The van der Waals surface area contributed by atoms with Crippen LogP contribution >= 0.6 is 13.6 Å². The van der Waals surface area contributed by atoms with Crippen molar-refractivity contribution < 1.29 is 16.3 Å². The average Bonchev–Trinajstić information content (AvgIpc) is 1.75. The number of unbranched alkanes of at least 4 members (excludes halogenated alkanes) is 1. The normalized spacial score (nSPS) is 5.57. The second-order valence-electron chi connectivity index (χ2n) is 0.808. The van der Waals surface area contributed by atoms with E-state index in [1.54, 1.807) is 0 Å². The first-order chi connectivity index (χ1) is 3.41. The summed E-state index contributed by atoms with van der Waals surface area (Å²) < 4.78 is 0. The van der Waals surface area contributed by atoms with Crippen LogP contribution in [0.2, 0.25) is 0 Å². The van der Waals surface area contributed by atoms with Gasteiger partial charge in [0.25, 0.3) is 0 Å². The minimum atomic E-state index is 0.806. The van der Waals surface area contributed by atoms with Crippen LogP contribution in [-0.2, 0) is 16.3 Å². The standard InChI is InChI=1S/C5H7.BrH.Zn/c1-3-5-4-2;;/h1H,2,4-5H2;1H;/q-1;;+2/p-1. The Morgan fingerprint density at radius 3 is 2.14 bits per heavy atom. The molecule has 36 valence electrons. The molecule has 0 heterocycles. The van der Waals surface area contributed by atoms with Crippen LogP contribution < -0.4 is 0 Å². The van der Waals surface area contributed by atoms with E-state index in [2.05, 4.69) is 26.5 Å². The molecule has 0 radical (unpaired) electrons. The van der Waals surface area contributed by atoms with Crippen LogP contribution in [0.1, 0.15) is 12.8 Å². The summed E-state index contributed by atoms with van der Waals surface area (Å²) in [4.78, 5) is 0. The third-order valence-corrected chi connectivity index (χ3v) is 0.321. The predicted octanol–water partition coefficient (Wildman–Crippen LogP) is 2.08. The minimum absolute atomic E-state index is 0.806. The van der Waals surface area contributed by atoms with Crippen molar-refractivity contribution in [2.24, 2.45) is 0 Å². The fourth-order valence-corrected chi connectivity index (χ4v) is 0.102. The molecule has 0 bridgehead atoms. The van der Waals surface area contributed by atoms with E-state index in [4.69, 9.17) is 6.42 Å². The first-order valence-electron chi connectivity index (χ1n) is 1.91. The van der Waals surface area contributed by atoms with E-state index in [1.165, 1.54) is 16.3 Å². The summed E-state index contributed by atoms with van der Waals surface area (Å²) >= 11 is 4.25. The van der Waals surface area contributed by atoms with Crippen LogP contribution in [0.4, 0.5) is 0 Å². The molecule has 0 saturated heterocycles. The van der Waals surface area contributed by atoms with Gasteiger partial charge in [0, 0.05) is 0 Å². The summed E-state index contributed by atoms with van der Waals surface area (Å²) in [5, 5.41) is 0. The fraction of sp³-hybridized carbons (Fsp3) is 0.400. The Labute approximate surface area is 62.1 Å². The van der Waals surface area contributed by atoms with Gasteiger partial charge in [0.05, 0.1) is 0 Å². The van der Waals surface area contributed by atoms with Gasteiger partial charge >= 0.3 is 30.0 Å². The van der Waals surface area contributed by atoms with Crippen molar-refractivity contribution in [2.75, 3.05) is 0 Å². The molecule has 0 unspecified atom stereocenters. The summed E-state index contributed by atoms with van der Waals surface area (Å²) in [6.07, 6.45) is 6.51. The van der Waals surface area contributed by atoms with Crippen molar-refractivity contribution in [2.45, 2.75) is 12.8 Å². The van der Waals surface area contributed by atoms with Crippen LogP contribution in [-0.4, -0.2) is 0 Å². The van der Waals surface area contributed by atoms with Gasteiger partial charge in [-0.25, -0.2) is 0 Å². The zero-order valence-electron chi connectivity index (χ0n) is 4.28. The summed E-state index contributed by atoms with van der Waals surface area (Å²) in [6.45, 7) is 3.53. The number of hydrogen-bond acceptors (Lipinski definition) is 0. The third kappa shape index (κ3) is 20.4. The van der Waals surface area contributed by atoms with E-state index in [0.717, 1.165) is 12.8 Å². The molecule has 0 spiro atoms. The van der Waals surface area contributed by atoms with Crippen molar-refractivity contribution in [3.8, 4) is 12.3 Å². The molecule has 0 aromatic heterocycles. The zero-order valence-corrected chi connectivity index (χ0v) is 8.84. The van der Waals surface area contributed by atoms with Gasteiger partial charge in [0.1, 0.15) is 0 Å². The molecule has 0 N–H and O–H groups in total. The fourth-order valence-electron chi connectivity index (χ4n) is 0.102. The van der Waals surface area contributed by atoms with Crippen LogP contribution in [0, 0.1) is 19.3 Å². The van der Waals surface area contributed by atoms with Gasteiger partial charge in [-0.15, -0.1) is 12.3 Å². The number of rotatable bonds is 1. The van der Waals surface area contributed by atoms with E-state index >= 15 is 0 Å². The molecule has 0 aliphatic carbocycles. The Hall–Kier alpha value is 0.663. The topological polar surface area (TPSA) is 0 Å². The summed E-state index contributed by atoms with van der Waals surface area (Å²) in [5.41, 5.74) is 0. The number of terminal acetylenes is 1. The van der Waals surface area contributed by atoms with E-state index in [9.17, 15) is 0 Å². The Balaban J connectivity index is 0. The van der Waals surface area contributed by atoms with Gasteiger partial charge in [-0.05, 0) is 6.42 Å². The van der Waals surface area contributed by atoms with Gasteiger partial charge in [-0.3, -0.25) is 0 Å². The molecular weight excluding hydrogens is 205 g/mol. The van der Waals surface area contributed by atoms with Crippen LogP contribution in [0.5, 0.6) is 0 Å². The van der Waals surface area contributed by atoms with Crippen molar-refractivity contribution in [1.82, 2.24) is 0 Å². The molecule has 0 aromatic carbocycles. The number of hydrogen-bond donors (Lipinski definition) is 0. The first kappa shape index (κ1) is 10.6. The third-order valence-electron chi connectivity index (χ3n) is 0.321. The molecule has 0 nitrogen and oxygen atoms in total. The molecule has 0 saturated carbocycles. The maximum absolute atomic E-state index is 4.85. The monoisotopic (exact) mass is 210 g/mol. The van der Waals surface area contributed by atoms with Gasteiger partial charge in [-0.2, -0.15) is 6.42 Å². The van der Waals surface area contributed by atoms with Gasteiger partial charge < -0.3 is 6.92 Å². The Morgan fingerprint density at radius 1 is 1.71 bits per heavy atom.